The van der Waals surface area contributed by atoms with E-state index < -0.39 is 10.8 Å². The van der Waals surface area contributed by atoms with Crippen LogP contribution in [0.4, 0.5) is 10.5 Å². The fourth-order valence-electron chi connectivity index (χ4n) is 2.47. The van der Waals surface area contributed by atoms with Crippen LogP contribution in [0.1, 0.15) is 0 Å². The summed E-state index contributed by atoms with van der Waals surface area (Å²) in [7, 11) is 0.984. The molecule has 0 N–H and O–H groups in total. The molecular weight excluding hydrogens is 300 g/mol. The van der Waals surface area contributed by atoms with Crippen LogP contribution in [-0.4, -0.2) is 46.8 Å². The Morgan fingerprint density at radius 3 is 2.68 bits per heavy atom. The van der Waals surface area contributed by atoms with Crippen LogP contribution in [0.15, 0.2) is 47.3 Å². The summed E-state index contributed by atoms with van der Waals surface area (Å²) in [5, 5.41) is 0. The smallest absolute Gasteiger partial charge is 0.324 e. The Kier molecular flexibility index (Phi) is 4.29. The highest BCUT2D eigenvalue weighted by molar-refractivity contribution is 7.85. The molecule has 0 unspecified atom stereocenters. The second-order valence-electron chi connectivity index (χ2n) is 5.24. The van der Waals surface area contributed by atoms with Gasteiger partial charge in [0.1, 0.15) is 0 Å². The van der Waals surface area contributed by atoms with Crippen LogP contribution >= 0.6 is 0 Å². The molecule has 1 aromatic carbocycles. The standard InChI is InChI=1S/C16H18N2O3S/c1-17(16(19)18-6-9-22(20)10-7-18)15-4-2-3-13(11-15)14-5-8-21-12-14/h2-5,8,11-12H,6-7,9-10H2,1H3. The van der Waals surface area contributed by atoms with Gasteiger partial charge in [-0.3, -0.25) is 9.11 Å². The molecule has 1 aliphatic heterocycles. The third-order valence-electron chi connectivity index (χ3n) is 3.82. The molecule has 2 aromatic rings. The van der Waals surface area contributed by atoms with E-state index >= 15 is 0 Å². The summed E-state index contributed by atoms with van der Waals surface area (Å²) in [5.41, 5.74) is 2.82. The molecule has 0 bridgehead atoms. The predicted molar refractivity (Wildman–Crippen MR) is 87.4 cm³/mol. The average molecular weight is 318 g/mol. The Balaban J connectivity index is 1.77. The van der Waals surface area contributed by atoms with Crippen LogP contribution in [0.25, 0.3) is 11.1 Å². The zero-order valence-corrected chi connectivity index (χ0v) is 13.2. The molecule has 1 fully saturated rings. The molecule has 5 nitrogen and oxygen atoms in total. The molecule has 0 aliphatic carbocycles. The van der Waals surface area contributed by atoms with Crippen molar-refractivity contribution in [3.63, 3.8) is 0 Å². The first kappa shape index (κ1) is 14.8. The highest BCUT2D eigenvalue weighted by Crippen LogP contribution is 2.25. The van der Waals surface area contributed by atoms with Crippen LogP contribution in [0.2, 0.25) is 0 Å². The quantitative estimate of drug-likeness (QED) is 0.855. The van der Waals surface area contributed by atoms with Gasteiger partial charge in [0.2, 0.25) is 0 Å². The SMILES string of the molecule is CN(C(=O)N1CCS(=O)CC1)c1cccc(-c2ccoc2)c1. The van der Waals surface area contributed by atoms with Gasteiger partial charge in [-0.25, -0.2) is 4.79 Å². The number of rotatable bonds is 2. The van der Waals surface area contributed by atoms with Crippen LogP contribution < -0.4 is 4.90 Å². The van der Waals surface area contributed by atoms with E-state index in [1.54, 1.807) is 29.4 Å². The van der Waals surface area contributed by atoms with Gasteiger partial charge in [0, 0.05) is 53.7 Å². The Morgan fingerprint density at radius 1 is 1.23 bits per heavy atom. The molecule has 0 atom stereocenters. The molecule has 22 heavy (non-hydrogen) atoms. The molecule has 2 heterocycles. The van der Waals surface area contributed by atoms with Gasteiger partial charge < -0.3 is 9.32 Å². The molecule has 2 amide bonds. The van der Waals surface area contributed by atoms with E-state index in [2.05, 4.69) is 0 Å². The summed E-state index contributed by atoms with van der Waals surface area (Å²) < 4.78 is 16.5. The molecule has 116 valence electrons. The largest absolute Gasteiger partial charge is 0.472 e. The number of carbonyl (C=O) groups is 1. The lowest BCUT2D eigenvalue weighted by Gasteiger charge is -2.30. The lowest BCUT2D eigenvalue weighted by atomic mass is 10.1. The average Bonchev–Trinajstić information content (AvgIpc) is 3.09. The zero-order chi connectivity index (χ0) is 15.5. The van der Waals surface area contributed by atoms with Gasteiger partial charge >= 0.3 is 6.03 Å². The summed E-state index contributed by atoms with van der Waals surface area (Å²) >= 11 is 0. The monoisotopic (exact) mass is 318 g/mol. The Bertz CT molecular complexity index is 674. The van der Waals surface area contributed by atoms with E-state index in [4.69, 9.17) is 4.42 Å². The number of amides is 2. The minimum absolute atomic E-state index is 0.0546. The Labute approximate surface area is 132 Å². The van der Waals surface area contributed by atoms with Crippen molar-refractivity contribution in [1.82, 2.24) is 4.90 Å². The van der Waals surface area contributed by atoms with Gasteiger partial charge in [0.25, 0.3) is 0 Å². The number of carbonyl (C=O) groups excluding carboxylic acids is 1. The Morgan fingerprint density at radius 2 is 2.00 bits per heavy atom. The maximum Gasteiger partial charge on any atom is 0.324 e. The normalized spacial score (nSPS) is 15.8. The van der Waals surface area contributed by atoms with E-state index in [1.807, 2.05) is 30.3 Å². The maximum atomic E-state index is 12.5. The van der Waals surface area contributed by atoms with E-state index in [1.165, 1.54) is 0 Å². The minimum atomic E-state index is -0.782. The highest BCUT2D eigenvalue weighted by atomic mass is 32.2. The second kappa shape index (κ2) is 6.36. The zero-order valence-electron chi connectivity index (χ0n) is 12.4. The van der Waals surface area contributed by atoms with Crippen molar-refractivity contribution in [1.29, 1.82) is 0 Å². The second-order valence-corrected chi connectivity index (χ2v) is 6.94. The fraction of sp³-hybridized carbons (Fsp3) is 0.312. The van der Waals surface area contributed by atoms with Crippen molar-refractivity contribution in [2.24, 2.45) is 0 Å². The summed E-state index contributed by atoms with van der Waals surface area (Å²) in [6.45, 7) is 1.11. The van der Waals surface area contributed by atoms with Crippen LogP contribution in [0.5, 0.6) is 0 Å². The number of benzene rings is 1. The molecule has 0 spiro atoms. The van der Waals surface area contributed by atoms with E-state index in [0.717, 1.165) is 16.8 Å². The lowest BCUT2D eigenvalue weighted by Crippen LogP contribution is -2.47. The molecule has 1 aliphatic rings. The summed E-state index contributed by atoms with van der Waals surface area (Å²) in [6.07, 6.45) is 3.31. The van der Waals surface area contributed by atoms with Crippen LogP contribution in [0.3, 0.4) is 0 Å². The van der Waals surface area contributed by atoms with Crippen molar-refractivity contribution in [2.45, 2.75) is 0 Å². The molecule has 0 saturated carbocycles. The number of nitrogens with zero attached hydrogens (tertiary/aromatic N) is 2. The number of urea groups is 1. The molecule has 0 radical (unpaired) electrons. The third-order valence-corrected chi connectivity index (χ3v) is 5.10. The maximum absolute atomic E-state index is 12.5. The number of anilines is 1. The summed E-state index contributed by atoms with van der Waals surface area (Å²) in [4.78, 5) is 15.9. The van der Waals surface area contributed by atoms with Crippen LogP contribution in [-0.2, 0) is 10.8 Å². The molecular formula is C16H18N2O3S. The molecule has 1 saturated heterocycles. The lowest BCUT2D eigenvalue weighted by molar-refractivity contribution is 0.211. The van der Waals surface area contributed by atoms with Gasteiger partial charge in [0.05, 0.1) is 12.5 Å². The number of hydrogen-bond donors (Lipinski definition) is 0. The van der Waals surface area contributed by atoms with Crippen molar-refractivity contribution >= 4 is 22.5 Å². The Hall–Kier alpha value is -2.08. The van der Waals surface area contributed by atoms with Gasteiger partial charge in [-0.05, 0) is 23.8 Å². The van der Waals surface area contributed by atoms with Gasteiger partial charge in [-0.1, -0.05) is 12.1 Å². The van der Waals surface area contributed by atoms with Gasteiger partial charge in [0.15, 0.2) is 0 Å². The highest BCUT2D eigenvalue weighted by Gasteiger charge is 2.23. The minimum Gasteiger partial charge on any atom is -0.472 e. The summed E-state index contributed by atoms with van der Waals surface area (Å²) in [5.74, 6) is 1.13. The van der Waals surface area contributed by atoms with Gasteiger partial charge in [-0.2, -0.15) is 0 Å². The van der Waals surface area contributed by atoms with Crippen molar-refractivity contribution in [3.05, 3.63) is 42.9 Å². The first-order chi connectivity index (χ1) is 10.6. The van der Waals surface area contributed by atoms with E-state index in [-0.39, 0.29) is 6.03 Å². The number of hydrogen-bond acceptors (Lipinski definition) is 3. The van der Waals surface area contributed by atoms with Crippen molar-refractivity contribution in [2.75, 3.05) is 36.5 Å². The third kappa shape index (κ3) is 3.06. The van der Waals surface area contributed by atoms with Gasteiger partial charge in [-0.15, -0.1) is 0 Å². The first-order valence-corrected chi connectivity index (χ1v) is 8.64. The summed E-state index contributed by atoms with van der Waals surface area (Å²) in [6, 6.07) is 9.61. The fourth-order valence-corrected chi connectivity index (χ4v) is 3.53. The van der Waals surface area contributed by atoms with Crippen molar-refractivity contribution < 1.29 is 13.4 Å². The van der Waals surface area contributed by atoms with Crippen molar-refractivity contribution in [3.8, 4) is 11.1 Å². The van der Waals surface area contributed by atoms with E-state index in [0.29, 0.717) is 24.6 Å². The first-order valence-electron chi connectivity index (χ1n) is 7.15. The number of furan rings is 1. The molecule has 3 rings (SSSR count). The van der Waals surface area contributed by atoms with Crippen LogP contribution in [0, 0.1) is 0 Å². The topological polar surface area (TPSA) is 53.8 Å². The van der Waals surface area contributed by atoms with E-state index in [9.17, 15) is 9.00 Å². The predicted octanol–water partition coefficient (Wildman–Crippen LogP) is 2.57. The molecule has 6 heteroatoms. The molecule has 1 aromatic heterocycles.